The highest BCUT2D eigenvalue weighted by Crippen LogP contribution is 2.02. The predicted molar refractivity (Wildman–Crippen MR) is 32.7 cm³/mol. The Morgan fingerprint density at radius 1 is 1.62 bits per heavy atom. The van der Waals surface area contributed by atoms with Crippen LogP contribution in [0.4, 0.5) is 0 Å². The lowest BCUT2D eigenvalue weighted by Gasteiger charge is -2.14. The molecule has 0 bridgehead atoms. The highest BCUT2D eigenvalue weighted by atomic mass is 28.4. The summed E-state index contributed by atoms with van der Waals surface area (Å²) in [5, 5.41) is 8.33. The Bertz CT molecular complexity index is 64.3. The molecule has 0 aliphatic rings. The van der Waals surface area contributed by atoms with Crippen LogP contribution in [-0.2, 0) is 4.43 Å². The van der Waals surface area contributed by atoms with Crippen LogP contribution < -0.4 is 0 Å². The van der Waals surface area contributed by atoms with Gasteiger partial charge in [0.1, 0.15) is 0 Å². The molecule has 0 radical (unpaired) electrons. The first-order valence-electron chi connectivity index (χ1n) is 2.51. The van der Waals surface area contributed by atoms with E-state index in [1.165, 1.54) is 7.11 Å². The molecule has 50 valence electrons. The van der Waals surface area contributed by atoms with E-state index in [1.807, 2.05) is 0 Å². The maximum absolute atomic E-state index is 9.08. The monoisotopic (exact) mass is 136 g/mol. The molecule has 0 fully saturated rings. The summed E-state index contributed by atoms with van der Waals surface area (Å²) in [6.45, 7) is 1.65. The Morgan fingerprint density at radius 3 is 2.25 bits per heavy atom. The first-order valence-corrected chi connectivity index (χ1v) is 5.07. The standard InChI is InChI=1S/C4H12O3Si/c1-7-8(2,6)4-3-5/h5-6H,3-4H2,1-2H3. The highest BCUT2D eigenvalue weighted by Gasteiger charge is 2.23. The van der Waals surface area contributed by atoms with Gasteiger partial charge in [-0.25, -0.2) is 0 Å². The van der Waals surface area contributed by atoms with Crippen LogP contribution in [0.5, 0.6) is 0 Å². The minimum absolute atomic E-state index is 0.00701. The highest BCUT2D eigenvalue weighted by molar-refractivity contribution is 6.64. The van der Waals surface area contributed by atoms with Crippen molar-refractivity contribution in [2.24, 2.45) is 0 Å². The second-order valence-corrected chi connectivity index (χ2v) is 5.11. The molecule has 8 heavy (non-hydrogen) atoms. The SMILES string of the molecule is CO[Si](C)(O)CCO. The predicted octanol–water partition coefficient (Wildman–Crippen LogP) is -0.311. The van der Waals surface area contributed by atoms with Gasteiger partial charge in [-0.1, -0.05) is 0 Å². The zero-order valence-corrected chi connectivity index (χ0v) is 6.22. The molecule has 3 nitrogen and oxygen atoms in total. The number of aliphatic hydroxyl groups excluding tert-OH is 1. The van der Waals surface area contributed by atoms with Crippen LogP contribution in [0.3, 0.4) is 0 Å². The second kappa shape index (κ2) is 3.19. The summed E-state index contributed by atoms with van der Waals surface area (Å²) in [5.41, 5.74) is 0. The Labute approximate surface area is 50.2 Å². The van der Waals surface area contributed by atoms with Gasteiger partial charge >= 0.3 is 8.56 Å². The Balaban J connectivity index is 3.37. The molecule has 0 amide bonds. The van der Waals surface area contributed by atoms with Crippen molar-refractivity contribution in [1.82, 2.24) is 0 Å². The fourth-order valence-corrected chi connectivity index (χ4v) is 0.929. The fourth-order valence-electron chi connectivity index (χ4n) is 0.310. The average Bonchev–Trinajstić information content (AvgIpc) is 1.67. The molecule has 0 aliphatic carbocycles. The molecule has 2 N–H and O–H groups in total. The van der Waals surface area contributed by atoms with Gasteiger partial charge in [0.2, 0.25) is 0 Å². The van der Waals surface area contributed by atoms with Crippen LogP contribution in [0.25, 0.3) is 0 Å². The molecule has 0 aromatic carbocycles. The maximum Gasteiger partial charge on any atom is 0.334 e. The van der Waals surface area contributed by atoms with Crippen molar-refractivity contribution < 1.29 is 14.3 Å². The molecule has 4 heteroatoms. The normalized spacial score (nSPS) is 18.0. The Hall–Kier alpha value is 0.0969. The number of hydrogen-bond acceptors (Lipinski definition) is 3. The lowest BCUT2D eigenvalue weighted by atomic mass is 10.9. The largest absolute Gasteiger partial charge is 0.411 e. The maximum atomic E-state index is 9.08. The molecule has 0 aromatic heterocycles. The number of rotatable bonds is 3. The van der Waals surface area contributed by atoms with Crippen LogP contribution in [0.15, 0.2) is 0 Å². The summed E-state index contributed by atoms with van der Waals surface area (Å²) in [5.74, 6) is 0. The van der Waals surface area contributed by atoms with Gasteiger partial charge in [-0.05, 0) is 6.55 Å². The van der Waals surface area contributed by atoms with Crippen molar-refractivity contribution >= 4 is 8.56 Å². The van der Waals surface area contributed by atoms with Crippen molar-refractivity contribution in [3.63, 3.8) is 0 Å². The van der Waals surface area contributed by atoms with Crippen molar-refractivity contribution in [2.75, 3.05) is 13.7 Å². The molecular formula is C4H12O3Si. The van der Waals surface area contributed by atoms with Gasteiger partial charge in [-0.3, -0.25) is 0 Å². The molecule has 0 saturated heterocycles. The third-order valence-corrected chi connectivity index (χ3v) is 3.05. The minimum atomic E-state index is -2.43. The molecule has 1 unspecified atom stereocenters. The molecule has 0 aromatic rings. The Kier molecular flexibility index (Phi) is 3.23. The summed E-state index contributed by atoms with van der Waals surface area (Å²) in [6, 6.07) is 0.392. The van der Waals surface area contributed by atoms with Gasteiger partial charge in [0.05, 0.1) is 0 Å². The average molecular weight is 136 g/mol. The van der Waals surface area contributed by atoms with Gasteiger partial charge in [-0.15, -0.1) is 0 Å². The summed E-state index contributed by atoms with van der Waals surface area (Å²) in [4.78, 5) is 9.08. The molecule has 0 spiro atoms. The van der Waals surface area contributed by atoms with Crippen molar-refractivity contribution in [3.05, 3.63) is 0 Å². The van der Waals surface area contributed by atoms with E-state index in [0.717, 1.165) is 0 Å². The summed E-state index contributed by atoms with van der Waals surface area (Å²) in [6.07, 6.45) is 0. The lowest BCUT2D eigenvalue weighted by molar-refractivity contribution is 0.261. The third kappa shape index (κ3) is 3.14. The van der Waals surface area contributed by atoms with Crippen molar-refractivity contribution in [3.8, 4) is 0 Å². The van der Waals surface area contributed by atoms with E-state index in [1.54, 1.807) is 6.55 Å². The van der Waals surface area contributed by atoms with E-state index in [4.69, 9.17) is 14.3 Å². The van der Waals surface area contributed by atoms with E-state index in [2.05, 4.69) is 0 Å². The van der Waals surface area contributed by atoms with Gasteiger partial charge in [0.25, 0.3) is 0 Å². The van der Waals surface area contributed by atoms with E-state index >= 15 is 0 Å². The van der Waals surface area contributed by atoms with Crippen LogP contribution in [-0.4, -0.2) is 32.2 Å². The van der Waals surface area contributed by atoms with Gasteiger partial charge in [0.15, 0.2) is 0 Å². The minimum Gasteiger partial charge on any atom is -0.411 e. The first-order chi connectivity index (χ1) is 3.62. The molecule has 0 aliphatic heterocycles. The Morgan fingerprint density at radius 2 is 2.12 bits per heavy atom. The van der Waals surface area contributed by atoms with Crippen LogP contribution in [0.1, 0.15) is 0 Å². The first kappa shape index (κ1) is 8.10. The molecule has 0 heterocycles. The van der Waals surface area contributed by atoms with E-state index in [9.17, 15) is 0 Å². The van der Waals surface area contributed by atoms with E-state index in [-0.39, 0.29) is 6.61 Å². The van der Waals surface area contributed by atoms with Crippen molar-refractivity contribution in [1.29, 1.82) is 0 Å². The van der Waals surface area contributed by atoms with Crippen LogP contribution >= 0.6 is 0 Å². The lowest BCUT2D eigenvalue weighted by Crippen LogP contribution is -2.33. The fraction of sp³-hybridized carbons (Fsp3) is 1.00. The quantitative estimate of drug-likeness (QED) is 0.523. The zero-order valence-electron chi connectivity index (χ0n) is 5.22. The van der Waals surface area contributed by atoms with Gasteiger partial charge in [-0.2, -0.15) is 0 Å². The summed E-state index contributed by atoms with van der Waals surface area (Å²) >= 11 is 0. The topological polar surface area (TPSA) is 49.7 Å². The number of hydrogen-bond donors (Lipinski definition) is 2. The second-order valence-electron chi connectivity index (χ2n) is 1.85. The van der Waals surface area contributed by atoms with Gasteiger partial charge in [0, 0.05) is 19.8 Å². The van der Waals surface area contributed by atoms with Gasteiger partial charge < -0.3 is 14.3 Å². The number of aliphatic hydroxyl groups is 1. The van der Waals surface area contributed by atoms with Crippen LogP contribution in [0.2, 0.25) is 12.6 Å². The molecular weight excluding hydrogens is 124 g/mol. The molecule has 0 saturated carbocycles. The van der Waals surface area contributed by atoms with Crippen molar-refractivity contribution in [2.45, 2.75) is 12.6 Å². The summed E-state index contributed by atoms with van der Waals surface area (Å²) < 4.78 is 4.71. The smallest absolute Gasteiger partial charge is 0.334 e. The van der Waals surface area contributed by atoms with E-state index in [0.29, 0.717) is 6.04 Å². The summed E-state index contributed by atoms with van der Waals surface area (Å²) in [7, 11) is -0.967. The molecule has 1 atom stereocenters. The third-order valence-electron chi connectivity index (χ3n) is 1.02. The van der Waals surface area contributed by atoms with Crippen LogP contribution in [0, 0.1) is 0 Å². The zero-order chi connectivity index (χ0) is 6.62. The van der Waals surface area contributed by atoms with E-state index < -0.39 is 8.56 Å². The molecule has 0 rings (SSSR count).